The van der Waals surface area contributed by atoms with Gasteiger partial charge in [-0.3, -0.25) is 4.98 Å². The quantitative estimate of drug-likeness (QED) is 0.179. The third-order valence-electron chi connectivity index (χ3n) is 9.52. The summed E-state index contributed by atoms with van der Waals surface area (Å²) in [6, 6.07) is 60.8. The van der Waals surface area contributed by atoms with Crippen molar-refractivity contribution in [1.29, 1.82) is 0 Å². The van der Waals surface area contributed by atoms with Gasteiger partial charge in [-0.2, -0.15) is 0 Å². The van der Waals surface area contributed by atoms with Gasteiger partial charge in [-0.1, -0.05) is 158 Å². The highest BCUT2D eigenvalue weighted by Gasteiger charge is 2.49. The first-order valence-electron chi connectivity index (χ1n) is 16.5. The van der Waals surface area contributed by atoms with E-state index in [9.17, 15) is 0 Å². The second-order valence-corrected chi connectivity index (χ2v) is 16.0. The Morgan fingerprint density at radius 3 is 1.47 bits per heavy atom. The van der Waals surface area contributed by atoms with Crippen LogP contribution in [0.15, 0.2) is 182 Å². The molecule has 0 bridgehead atoms. The molecule has 9 rings (SSSR count). The van der Waals surface area contributed by atoms with Gasteiger partial charge in [0.05, 0.1) is 0 Å². The van der Waals surface area contributed by atoms with E-state index in [1.165, 1.54) is 37.4 Å². The van der Waals surface area contributed by atoms with Crippen LogP contribution in [0.2, 0.25) is 0 Å². The highest BCUT2D eigenvalue weighted by atomic mass is 28.3. The first kappa shape index (κ1) is 28.9. The standard InChI is InChI=1S/C44H30N4Si/c1-4-14-32(15-5-1)42-46-43(48-44(47-42)34-16-13-29-45-30-34)33-27-25-31(26-28-33)37-22-12-24-40-41(37)38-21-10-11-23-39(38)49(40,35-17-6-2-7-18-35)36-19-8-3-9-20-36/h1-30H. The topological polar surface area (TPSA) is 51.6 Å². The van der Waals surface area contributed by atoms with Crippen LogP contribution in [0.4, 0.5) is 0 Å². The number of hydrogen-bond donors (Lipinski definition) is 0. The van der Waals surface area contributed by atoms with Gasteiger partial charge in [0.2, 0.25) is 0 Å². The molecule has 3 heterocycles. The van der Waals surface area contributed by atoms with Crippen molar-refractivity contribution in [1.82, 2.24) is 19.9 Å². The first-order valence-corrected chi connectivity index (χ1v) is 18.5. The zero-order valence-corrected chi connectivity index (χ0v) is 27.6. The molecule has 1 aliphatic heterocycles. The average Bonchev–Trinajstić information content (AvgIpc) is 3.50. The van der Waals surface area contributed by atoms with Crippen LogP contribution in [-0.2, 0) is 0 Å². The lowest BCUT2D eigenvalue weighted by molar-refractivity contribution is 1.07. The van der Waals surface area contributed by atoms with Crippen molar-refractivity contribution in [2.24, 2.45) is 0 Å². The summed E-state index contributed by atoms with van der Waals surface area (Å²) in [5.41, 5.74) is 7.76. The molecule has 0 radical (unpaired) electrons. The van der Waals surface area contributed by atoms with E-state index >= 15 is 0 Å². The smallest absolute Gasteiger partial charge is 0.180 e. The monoisotopic (exact) mass is 642 g/mol. The summed E-state index contributed by atoms with van der Waals surface area (Å²) in [6.07, 6.45) is 3.55. The van der Waals surface area contributed by atoms with E-state index in [1.807, 2.05) is 42.5 Å². The molecule has 0 spiro atoms. The SMILES string of the molecule is c1ccc(-c2nc(-c3ccc(-c4cccc5c4-c4ccccc4[Si]5(c4ccccc4)c4ccccc4)cc3)nc(-c3cccnc3)n2)cc1. The van der Waals surface area contributed by atoms with Gasteiger partial charge < -0.3 is 0 Å². The predicted molar refractivity (Wildman–Crippen MR) is 202 cm³/mol. The van der Waals surface area contributed by atoms with Crippen molar-refractivity contribution in [3.63, 3.8) is 0 Å². The van der Waals surface area contributed by atoms with Crippen LogP contribution < -0.4 is 20.7 Å². The molecular formula is C44H30N4Si. The van der Waals surface area contributed by atoms with Crippen LogP contribution in [-0.4, -0.2) is 28.0 Å². The van der Waals surface area contributed by atoms with Crippen molar-refractivity contribution in [2.45, 2.75) is 0 Å². The zero-order chi connectivity index (χ0) is 32.6. The summed E-state index contributed by atoms with van der Waals surface area (Å²) < 4.78 is 0. The third-order valence-corrected chi connectivity index (χ3v) is 14.4. The Kier molecular flexibility index (Phi) is 7.10. The maximum atomic E-state index is 4.94. The Hall–Kier alpha value is -6.30. The highest BCUT2D eigenvalue weighted by Crippen LogP contribution is 2.37. The van der Waals surface area contributed by atoms with Crippen LogP contribution in [0.5, 0.6) is 0 Å². The highest BCUT2D eigenvalue weighted by molar-refractivity contribution is 7.22. The second-order valence-electron chi connectivity index (χ2n) is 12.2. The van der Waals surface area contributed by atoms with Gasteiger partial charge in [-0.05, 0) is 55.1 Å². The molecule has 6 aromatic carbocycles. The van der Waals surface area contributed by atoms with Crippen LogP contribution >= 0.6 is 0 Å². The van der Waals surface area contributed by atoms with E-state index < -0.39 is 8.07 Å². The van der Waals surface area contributed by atoms with Gasteiger partial charge in [0.25, 0.3) is 0 Å². The number of rotatable bonds is 6. The van der Waals surface area contributed by atoms with Crippen LogP contribution in [0.1, 0.15) is 0 Å². The van der Waals surface area contributed by atoms with Crippen molar-refractivity contribution >= 4 is 28.8 Å². The van der Waals surface area contributed by atoms with Crippen molar-refractivity contribution in [3.05, 3.63) is 182 Å². The molecule has 0 fully saturated rings. The normalized spacial score (nSPS) is 12.7. The number of hydrogen-bond acceptors (Lipinski definition) is 4. The maximum Gasteiger partial charge on any atom is 0.180 e. The Bertz CT molecular complexity index is 2320. The van der Waals surface area contributed by atoms with Gasteiger partial charge in [-0.25, -0.2) is 15.0 Å². The fourth-order valence-corrected chi connectivity index (χ4v) is 12.6. The van der Waals surface area contributed by atoms with Crippen molar-refractivity contribution in [2.75, 3.05) is 0 Å². The summed E-state index contributed by atoms with van der Waals surface area (Å²) in [6.45, 7) is 0. The molecule has 8 aromatic rings. The number of benzene rings is 6. The lowest BCUT2D eigenvalue weighted by Crippen LogP contribution is -2.72. The van der Waals surface area contributed by atoms with E-state index in [2.05, 4.69) is 132 Å². The molecule has 0 N–H and O–H groups in total. The minimum Gasteiger partial charge on any atom is -0.264 e. The number of aromatic nitrogens is 4. The number of pyridine rings is 1. The Balaban J connectivity index is 1.20. The van der Waals surface area contributed by atoms with E-state index in [0.717, 1.165) is 22.3 Å². The molecule has 1 aliphatic rings. The second kappa shape index (κ2) is 12.1. The van der Waals surface area contributed by atoms with E-state index in [0.29, 0.717) is 17.5 Å². The lowest BCUT2D eigenvalue weighted by atomic mass is 9.94. The van der Waals surface area contributed by atoms with E-state index in [1.54, 1.807) is 12.4 Å². The van der Waals surface area contributed by atoms with Gasteiger partial charge in [0.15, 0.2) is 25.5 Å². The van der Waals surface area contributed by atoms with Crippen LogP contribution in [0, 0.1) is 0 Å². The molecule has 2 aromatic heterocycles. The molecule has 5 heteroatoms. The maximum absolute atomic E-state index is 4.94. The summed E-state index contributed by atoms with van der Waals surface area (Å²) in [4.78, 5) is 19.0. The Morgan fingerprint density at radius 1 is 0.347 bits per heavy atom. The molecule has 0 amide bonds. The first-order chi connectivity index (χ1) is 24.3. The Labute approximate surface area is 286 Å². The molecule has 0 atom stereocenters. The summed E-state index contributed by atoms with van der Waals surface area (Å²) in [5, 5.41) is 5.66. The van der Waals surface area contributed by atoms with Gasteiger partial charge in [0.1, 0.15) is 0 Å². The average molecular weight is 643 g/mol. The molecule has 49 heavy (non-hydrogen) atoms. The van der Waals surface area contributed by atoms with Gasteiger partial charge >= 0.3 is 0 Å². The third kappa shape index (κ3) is 4.83. The predicted octanol–water partition coefficient (Wildman–Crippen LogP) is 7.29. The van der Waals surface area contributed by atoms with Gasteiger partial charge in [0, 0.05) is 29.1 Å². The molecule has 0 unspecified atom stereocenters. The minimum atomic E-state index is -2.56. The minimum absolute atomic E-state index is 0.599. The molecule has 0 aliphatic carbocycles. The number of nitrogens with zero attached hydrogens (tertiary/aromatic N) is 4. The lowest BCUT2D eigenvalue weighted by Gasteiger charge is -2.31. The van der Waals surface area contributed by atoms with Crippen molar-refractivity contribution in [3.8, 4) is 56.4 Å². The fraction of sp³-hybridized carbons (Fsp3) is 0. The van der Waals surface area contributed by atoms with E-state index in [-0.39, 0.29) is 0 Å². The summed E-state index contributed by atoms with van der Waals surface area (Å²) in [7, 11) is -2.56. The van der Waals surface area contributed by atoms with E-state index in [4.69, 9.17) is 15.0 Å². The van der Waals surface area contributed by atoms with Crippen LogP contribution in [0.25, 0.3) is 56.4 Å². The molecular weight excluding hydrogens is 613 g/mol. The number of fused-ring (bicyclic) bond motifs is 3. The summed E-state index contributed by atoms with van der Waals surface area (Å²) >= 11 is 0. The molecule has 4 nitrogen and oxygen atoms in total. The van der Waals surface area contributed by atoms with Gasteiger partial charge in [-0.15, -0.1) is 0 Å². The molecule has 0 saturated carbocycles. The Morgan fingerprint density at radius 2 is 0.837 bits per heavy atom. The zero-order valence-electron chi connectivity index (χ0n) is 26.6. The fourth-order valence-electron chi connectivity index (χ4n) is 7.38. The molecule has 0 saturated heterocycles. The van der Waals surface area contributed by atoms with Crippen molar-refractivity contribution < 1.29 is 0 Å². The largest absolute Gasteiger partial charge is 0.264 e. The van der Waals surface area contributed by atoms with Crippen LogP contribution in [0.3, 0.4) is 0 Å². The summed E-state index contributed by atoms with van der Waals surface area (Å²) in [5.74, 6) is 1.86. The molecule has 230 valence electrons.